The van der Waals surface area contributed by atoms with Crippen molar-refractivity contribution in [3.05, 3.63) is 60.4 Å². The van der Waals surface area contributed by atoms with Crippen LogP contribution in [-0.4, -0.2) is 15.6 Å². The summed E-state index contributed by atoms with van der Waals surface area (Å²) in [6, 6.07) is 8.89. The molecule has 118 valence electrons. The van der Waals surface area contributed by atoms with Crippen LogP contribution in [0.3, 0.4) is 0 Å². The smallest absolute Gasteiger partial charge is 0.308 e. The predicted molar refractivity (Wildman–Crippen MR) is 79.3 cm³/mol. The van der Waals surface area contributed by atoms with Gasteiger partial charge in [0.15, 0.2) is 0 Å². The molecule has 2 aromatic heterocycles. The number of carbonyl (C=O) groups excluding carboxylic acids is 1. The van der Waals surface area contributed by atoms with E-state index in [4.69, 9.17) is 0 Å². The fourth-order valence-corrected chi connectivity index (χ4v) is 2.07. The Hall–Kier alpha value is -3.03. The van der Waals surface area contributed by atoms with Crippen LogP contribution in [0.2, 0.25) is 0 Å². The van der Waals surface area contributed by atoms with Gasteiger partial charge in [-0.2, -0.15) is 18.3 Å². The molecule has 1 aromatic carbocycles. The monoisotopic (exact) mass is 320 g/mol. The first-order valence-electron chi connectivity index (χ1n) is 6.60. The van der Waals surface area contributed by atoms with Gasteiger partial charge in [0.05, 0.1) is 11.1 Å². The number of amides is 2. The molecular formula is C15H11F3N4O. The van der Waals surface area contributed by atoms with Gasteiger partial charge >= 0.3 is 12.2 Å². The number of nitrogens with zero attached hydrogens (tertiary/aromatic N) is 2. The van der Waals surface area contributed by atoms with Crippen molar-refractivity contribution in [1.29, 1.82) is 0 Å². The molecule has 5 nitrogen and oxygen atoms in total. The van der Waals surface area contributed by atoms with E-state index in [9.17, 15) is 18.0 Å². The van der Waals surface area contributed by atoms with Crippen molar-refractivity contribution in [3.8, 4) is 0 Å². The molecule has 0 unspecified atom stereocenters. The van der Waals surface area contributed by atoms with Crippen LogP contribution >= 0.6 is 0 Å². The molecule has 0 saturated carbocycles. The lowest BCUT2D eigenvalue weighted by Crippen LogP contribution is -2.19. The molecule has 2 heterocycles. The number of alkyl halides is 3. The fourth-order valence-electron chi connectivity index (χ4n) is 2.07. The third-order valence-electron chi connectivity index (χ3n) is 3.11. The summed E-state index contributed by atoms with van der Waals surface area (Å²) in [6.45, 7) is 0. The zero-order valence-electron chi connectivity index (χ0n) is 11.6. The van der Waals surface area contributed by atoms with Crippen molar-refractivity contribution in [3.63, 3.8) is 0 Å². The van der Waals surface area contributed by atoms with Crippen LogP contribution in [0.15, 0.2) is 54.9 Å². The summed E-state index contributed by atoms with van der Waals surface area (Å²) in [5.74, 6) is 0. The predicted octanol–water partition coefficient (Wildman–Crippen LogP) is 4.00. The first-order chi connectivity index (χ1) is 10.9. The minimum Gasteiger partial charge on any atom is -0.308 e. The van der Waals surface area contributed by atoms with Crippen molar-refractivity contribution < 1.29 is 18.0 Å². The molecular weight excluding hydrogens is 309 g/mol. The van der Waals surface area contributed by atoms with E-state index < -0.39 is 17.8 Å². The Bertz CT molecular complexity index is 857. The molecule has 0 saturated heterocycles. The number of benzene rings is 1. The molecule has 2 N–H and O–H groups in total. The Labute approximate surface area is 128 Å². The standard InChI is InChI=1S/C15H11F3N4O/c16-15(17,18)10-2-1-3-11(8-10)20-14(23)21-12-5-7-22-13(9-12)4-6-19-22/h1-9H,(H2,20,21,23). The minimum absolute atomic E-state index is 0.0581. The van der Waals surface area contributed by atoms with Crippen molar-refractivity contribution in [1.82, 2.24) is 9.61 Å². The van der Waals surface area contributed by atoms with Crippen molar-refractivity contribution >= 4 is 22.9 Å². The van der Waals surface area contributed by atoms with E-state index in [1.54, 1.807) is 35.1 Å². The third-order valence-corrected chi connectivity index (χ3v) is 3.11. The Kier molecular flexibility index (Phi) is 3.65. The fraction of sp³-hybridized carbons (Fsp3) is 0.0667. The van der Waals surface area contributed by atoms with Crippen LogP contribution in [0.25, 0.3) is 5.52 Å². The Morgan fingerprint density at radius 3 is 2.52 bits per heavy atom. The van der Waals surface area contributed by atoms with E-state index in [1.807, 2.05) is 0 Å². The van der Waals surface area contributed by atoms with E-state index in [0.29, 0.717) is 5.69 Å². The van der Waals surface area contributed by atoms with Crippen LogP contribution in [0.1, 0.15) is 5.56 Å². The highest BCUT2D eigenvalue weighted by molar-refractivity contribution is 6.00. The van der Waals surface area contributed by atoms with Gasteiger partial charge in [0.1, 0.15) is 0 Å². The quantitative estimate of drug-likeness (QED) is 0.750. The Balaban J connectivity index is 1.71. The van der Waals surface area contributed by atoms with Crippen LogP contribution < -0.4 is 10.6 Å². The number of aromatic nitrogens is 2. The number of anilines is 2. The zero-order chi connectivity index (χ0) is 16.4. The topological polar surface area (TPSA) is 58.4 Å². The summed E-state index contributed by atoms with van der Waals surface area (Å²) in [6.07, 6.45) is -1.18. The van der Waals surface area contributed by atoms with Crippen LogP contribution in [0.5, 0.6) is 0 Å². The number of rotatable bonds is 2. The summed E-state index contributed by atoms with van der Waals surface area (Å²) in [5.41, 5.74) is 0.517. The van der Waals surface area contributed by atoms with Gasteiger partial charge in [0.2, 0.25) is 0 Å². The van der Waals surface area contributed by atoms with Gasteiger partial charge in [-0.05, 0) is 36.4 Å². The number of urea groups is 1. The molecule has 0 aliphatic carbocycles. The molecule has 0 radical (unpaired) electrons. The summed E-state index contributed by atoms with van der Waals surface area (Å²) in [4.78, 5) is 11.9. The first-order valence-corrected chi connectivity index (χ1v) is 6.60. The summed E-state index contributed by atoms with van der Waals surface area (Å²) in [7, 11) is 0. The van der Waals surface area contributed by atoms with E-state index in [1.165, 1.54) is 12.1 Å². The lowest BCUT2D eigenvalue weighted by atomic mass is 10.2. The maximum absolute atomic E-state index is 12.6. The summed E-state index contributed by atoms with van der Waals surface area (Å²) < 4.78 is 39.5. The minimum atomic E-state index is -4.46. The van der Waals surface area contributed by atoms with Gasteiger partial charge in [0, 0.05) is 23.8 Å². The zero-order valence-corrected chi connectivity index (χ0v) is 11.6. The maximum Gasteiger partial charge on any atom is 0.416 e. The summed E-state index contributed by atoms with van der Waals surface area (Å²) >= 11 is 0. The molecule has 2 amide bonds. The lowest BCUT2D eigenvalue weighted by molar-refractivity contribution is -0.137. The SMILES string of the molecule is O=C(Nc1cccc(C(F)(F)F)c1)Nc1ccn2nccc2c1. The van der Waals surface area contributed by atoms with Gasteiger partial charge in [-0.25, -0.2) is 9.31 Å². The lowest BCUT2D eigenvalue weighted by Gasteiger charge is -2.11. The maximum atomic E-state index is 12.6. The number of hydrogen-bond donors (Lipinski definition) is 2. The Morgan fingerprint density at radius 2 is 1.78 bits per heavy atom. The highest BCUT2D eigenvalue weighted by Gasteiger charge is 2.30. The molecule has 8 heteroatoms. The second-order valence-corrected chi connectivity index (χ2v) is 4.77. The van der Waals surface area contributed by atoms with Gasteiger partial charge in [-0.3, -0.25) is 0 Å². The van der Waals surface area contributed by atoms with Crippen molar-refractivity contribution in [2.24, 2.45) is 0 Å². The van der Waals surface area contributed by atoms with Gasteiger partial charge in [0.25, 0.3) is 0 Å². The molecule has 3 rings (SSSR count). The molecule has 0 atom stereocenters. The molecule has 23 heavy (non-hydrogen) atoms. The molecule has 0 aliphatic rings. The average Bonchev–Trinajstić information content (AvgIpc) is 2.94. The van der Waals surface area contributed by atoms with Gasteiger partial charge < -0.3 is 10.6 Å². The van der Waals surface area contributed by atoms with Crippen LogP contribution in [0, 0.1) is 0 Å². The van der Waals surface area contributed by atoms with Crippen molar-refractivity contribution in [2.45, 2.75) is 6.18 Å². The van der Waals surface area contributed by atoms with Crippen LogP contribution in [-0.2, 0) is 6.18 Å². The number of halogens is 3. The largest absolute Gasteiger partial charge is 0.416 e. The number of fused-ring (bicyclic) bond motifs is 1. The molecule has 0 bridgehead atoms. The van der Waals surface area contributed by atoms with E-state index in [0.717, 1.165) is 17.6 Å². The average molecular weight is 320 g/mol. The Morgan fingerprint density at radius 1 is 1.04 bits per heavy atom. The number of pyridine rings is 1. The van der Waals surface area contributed by atoms with Crippen molar-refractivity contribution in [2.75, 3.05) is 10.6 Å². The van der Waals surface area contributed by atoms with Gasteiger partial charge in [-0.1, -0.05) is 6.07 Å². The first kappa shape index (κ1) is 14.9. The third kappa shape index (κ3) is 3.42. The van der Waals surface area contributed by atoms with E-state index in [-0.39, 0.29) is 5.69 Å². The normalized spacial score (nSPS) is 11.4. The molecule has 0 aliphatic heterocycles. The second kappa shape index (κ2) is 5.64. The number of hydrogen-bond acceptors (Lipinski definition) is 2. The summed E-state index contributed by atoms with van der Waals surface area (Å²) in [5, 5.41) is 8.95. The van der Waals surface area contributed by atoms with Gasteiger partial charge in [-0.15, -0.1) is 0 Å². The highest BCUT2D eigenvalue weighted by atomic mass is 19.4. The van der Waals surface area contributed by atoms with Crippen LogP contribution in [0.4, 0.5) is 29.3 Å². The molecule has 3 aromatic rings. The van der Waals surface area contributed by atoms with E-state index >= 15 is 0 Å². The molecule has 0 spiro atoms. The second-order valence-electron chi connectivity index (χ2n) is 4.77. The van der Waals surface area contributed by atoms with E-state index in [2.05, 4.69) is 15.7 Å². The molecule has 0 fully saturated rings. The number of nitrogens with one attached hydrogen (secondary N) is 2. The number of carbonyl (C=O) groups is 1. The highest BCUT2D eigenvalue weighted by Crippen LogP contribution is 2.30.